The number of amides is 4. The van der Waals surface area contributed by atoms with Crippen molar-refractivity contribution in [2.45, 2.75) is 38.5 Å². The number of nitrogens with one attached hydrogen (secondary N) is 4. The minimum absolute atomic E-state index is 0.114. The van der Waals surface area contributed by atoms with Gasteiger partial charge in [-0.3, -0.25) is 19.2 Å². The van der Waals surface area contributed by atoms with E-state index in [9.17, 15) is 24.0 Å². The SMILES string of the molecule is CNC(=O)CCNC(=O)Cc1cccc(NC(=O)COCC(=O)NCCCCCC=O)c1. The van der Waals surface area contributed by atoms with Crippen LogP contribution in [-0.2, 0) is 35.1 Å². The standard InChI is InChI=1S/C22H32N4O6/c1-23-19(28)9-11-25-20(29)14-17-7-6-8-18(13-17)26-22(31)16-32-15-21(30)24-10-4-2-3-5-12-27/h6-8,12-13H,2-5,9-11,14-16H2,1H3,(H,23,28)(H,24,30)(H,25,29)(H,26,31). The maximum absolute atomic E-state index is 12.0. The molecule has 176 valence electrons. The van der Waals surface area contributed by atoms with Crippen LogP contribution in [0.25, 0.3) is 0 Å². The van der Waals surface area contributed by atoms with E-state index in [-0.39, 0.29) is 50.3 Å². The topological polar surface area (TPSA) is 143 Å². The summed E-state index contributed by atoms with van der Waals surface area (Å²) in [6.45, 7) is 0.244. The summed E-state index contributed by atoms with van der Waals surface area (Å²) < 4.78 is 5.13. The number of rotatable bonds is 16. The van der Waals surface area contributed by atoms with E-state index in [0.29, 0.717) is 24.2 Å². The van der Waals surface area contributed by atoms with Crippen LogP contribution in [-0.4, -0.2) is 63.3 Å². The summed E-state index contributed by atoms with van der Waals surface area (Å²) in [5.74, 6) is -1.10. The largest absolute Gasteiger partial charge is 0.362 e. The van der Waals surface area contributed by atoms with Gasteiger partial charge in [0.05, 0.1) is 6.42 Å². The van der Waals surface area contributed by atoms with Gasteiger partial charge in [0.15, 0.2) is 0 Å². The van der Waals surface area contributed by atoms with Crippen LogP contribution in [0.2, 0.25) is 0 Å². The molecule has 0 bridgehead atoms. The van der Waals surface area contributed by atoms with Crippen molar-refractivity contribution in [1.82, 2.24) is 16.0 Å². The predicted octanol–water partition coefficient (Wildman–Crippen LogP) is 0.312. The summed E-state index contributed by atoms with van der Waals surface area (Å²) in [6, 6.07) is 6.83. The average molecular weight is 449 g/mol. The molecule has 0 fully saturated rings. The maximum atomic E-state index is 12.0. The first kappa shape index (κ1) is 26.8. The molecule has 0 heterocycles. The Labute approximate surface area is 187 Å². The molecule has 0 unspecified atom stereocenters. The highest BCUT2D eigenvalue weighted by molar-refractivity contribution is 5.92. The van der Waals surface area contributed by atoms with E-state index in [1.165, 1.54) is 7.05 Å². The van der Waals surface area contributed by atoms with E-state index in [2.05, 4.69) is 21.3 Å². The molecule has 1 aromatic carbocycles. The molecule has 0 radical (unpaired) electrons. The van der Waals surface area contributed by atoms with Crippen LogP contribution in [0, 0.1) is 0 Å². The van der Waals surface area contributed by atoms with Crippen LogP contribution in [0.4, 0.5) is 5.69 Å². The van der Waals surface area contributed by atoms with Crippen molar-refractivity contribution in [3.63, 3.8) is 0 Å². The summed E-state index contributed by atoms with van der Waals surface area (Å²) in [6.07, 6.45) is 4.17. The Morgan fingerprint density at radius 1 is 0.906 bits per heavy atom. The summed E-state index contributed by atoms with van der Waals surface area (Å²) in [4.78, 5) is 57.0. The monoisotopic (exact) mass is 448 g/mol. The molecule has 0 aliphatic carbocycles. The molecule has 0 spiro atoms. The molecule has 0 saturated carbocycles. The van der Waals surface area contributed by atoms with Crippen LogP contribution >= 0.6 is 0 Å². The van der Waals surface area contributed by atoms with Gasteiger partial charge in [-0.2, -0.15) is 0 Å². The molecule has 0 aliphatic heterocycles. The Morgan fingerprint density at radius 3 is 2.41 bits per heavy atom. The number of hydrogen-bond acceptors (Lipinski definition) is 6. The second kappa shape index (κ2) is 16.4. The molecular weight excluding hydrogens is 416 g/mol. The third-order valence-electron chi connectivity index (χ3n) is 4.32. The Kier molecular flexibility index (Phi) is 13.7. The number of hydrogen-bond donors (Lipinski definition) is 4. The van der Waals surface area contributed by atoms with Gasteiger partial charge in [0.1, 0.15) is 19.5 Å². The third-order valence-corrected chi connectivity index (χ3v) is 4.32. The molecule has 0 atom stereocenters. The quantitative estimate of drug-likeness (QED) is 0.212. The Hall–Kier alpha value is -3.27. The molecule has 0 aromatic heterocycles. The van der Waals surface area contributed by atoms with Gasteiger partial charge in [-0.15, -0.1) is 0 Å². The molecule has 10 heteroatoms. The maximum Gasteiger partial charge on any atom is 0.250 e. The molecular formula is C22H32N4O6. The van der Waals surface area contributed by atoms with Gasteiger partial charge >= 0.3 is 0 Å². The molecule has 4 amide bonds. The Morgan fingerprint density at radius 2 is 1.66 bits per heavy atom. The van der Waals surface area contributed by atoms with Gasteiger partial charge in [0, 0.05) is 38.7 Å². The zero-order chi connectivity index (χ0) is 23.6. The molecule has 0 saturated heterocycles. The van der Waals surface area contributed by atoms with Crippen LogP contribution in [0.5, 0.6) is 0 Å². The lowest BCUT2D eigenvalue weighted by Crippen LogP contribution is -2.30. The lowest BCUT2D eigenvalue weighted by Gasteiger charge is -2.09. The van der Waals surface area contributed by atoms with Gasteiger partial charge in [0.25, 0.3) is 0 Å². The fourth-order valence-corrected chi connectivity index (χ4v) is 2.69. The lowest BCUT2D eigenvalue weighted by atomic mass is 10.1. The number of benzene rings is 1. The summed E-state index contributed by atoms with van der Waals surface area (Å²) in [7, 11) is 1.53. The fourth-order valence-electron chi connectivity index (χ4n) is 2.69. The van der Waals surface area contributed by atoms with Crippen LogP contribution in [0.3, 0.4) is 0 Å². The summed E-state index contributed by atoms with van der Waals surface area (Å²) in [5.41, 5.74) is 1.21. The van der Waals surface area contributed by atoms with Crippen molar-refractivity contribution in [2.24, 2.45) is 0 Å². The molecule has 1 rings (SSSR count). The minimum atomic E-state index is -0.418. The highest BCUT2D eigenvalue weighted by Crippen LogP contribution is 2.11. The van der Waals surface area contributed by atoms with Crippen molar-refractivity contribution < 1.29 is 28.7 Å². The van der Waals surface area contributed by atoms with E-state index in [0.717, 1.165) is 25.5 Å². The predicted molar refractivity (Wildman–Crippen MR) is 119 cm³/mol. The van der Waals surface area contributed by atoms with Gasteiger partial charge < -0.3 is 30.8 Å². The van der Waals surface area contributed by atoms with Crippen molar-refractivity contribution >= 4 is 35.6 Å². The van der Waals surface area contributed by atoms with Crippen LogP contribution in [0.1, 0.15) is 37.7 Å². The second-order valence-electron chi connectivity index (χ2n) is 7.06. The zero-order valence-electron chi connectivity index (χ0n) is 18.4. The first-order valence-electron chi connectivity index (χ1n) is 10.6. The minimum Gasteiger partial charge on any atom is -0.362 e. The normalized spacial score (nSPS) is 10.2. The number of carbonyl (C=O) groups excluding carboxylic acids is 5. The Balaban J connectivity index is 2.26. The molecule has 1 aromatic rings. The van der Waals surface area contributed by atoms with Gasteiger partial charge in [-0.1, -0.05) is 18.6 Å². The van der Waals surface area contributed by atoms with Crippen molar-refractivity contribution in [3.8, 4) is 0 Å². The number of unbranched alkanes of at least 4 members (excludes halogenated alkanes) is 3. The second-order valence-corrected chi connectivity index (χ2v) is 7.06. The first-order chi connectivity index (χ1) is 15.4. The van der Waals surface area contributed by atoms with Gasteiger partial charge in [-0.25, -0.2) is 0 Å². The third kappa shape index (κ3) is 13.1. The van der Waals surface area contributed by atoms with E-state index >= 15 is 0 Å². The van der Waals surface area contributed by atoms with Crippen molar-refractivity contribution in [2.75, 3.05) is 38.7 Å². The molecule has 10 nitrogen and oxygen atoms in total. The van der Waals surface area contributed by atoms with Gasteiger partial charge in [-0.05, 0) is 30.5 Å². The molecule has 32 heavy (non-hydrogen) atoms. The van der Waals surface area contributed by atoms with E-state index < -0.39 is 5.91 Å². The van der Waals surface area contributed by atoms with Crippen LogP contribution in [0.15, 0.2) is 24.3 Å². The highest BCUT2D eigenvalue weighted by atomic mass is 16.5. The van der Waals surface area contributed by atoms with Crippen molar-refractivity contribution in [3.05, 3.63) is 29.8 Å². The summed E-state index contributed by atoms with van der Waals surface area (Å²) in [5, 5.41) is 10.5. The fraction of sp³-hybridized carbons (Fsp3) is 0.500. The number of aldehydes is 1. The Bertz CT molecular complexity index is 769. The number of carbonyl (C=O) groups is 5. The van der Waals surface area contributed by atoms with E-state index in [1.54, 1.807) is 24.3 Å². The zero-order valence-corrected chi connectivity index (χ0v) is 18.4. The molecule has 4 N–H and O–H groups in total. The number of anilines is 1. The molecule has 0 aliphatic rings. The smallest absolute Gasteiger partial charge is 0.250 e. The highest BCUT2D eigenvalue weighted by Gasteiger charge is 2.08. The van der Waals surface area contributed by atoms with Crippen LogP contribution < -0.4 is 21.3 Å². The first-order valence-corrected chi connectivity index (χ1v) is 10.6. The van der Waals surface area contributed by atoms with E-state index in [1.807, 2.05) is 0 Å². The summed E-state index contributed by atoms with van der Waals surface area (Å²) >= 11 is 0. The average Bonchev–Trinajstić information content (AvgIpc) is 2.76. The lowest BCUT2D eigenvalue weighted by molar-refractivity contribution is -0.129. The van der Waals surface area contributed by atoms with Gasteiger partial charge in [0.2, 0.25) is 23.6 Å². The van der Waals surface area contributed by atoms with E-state index in [4.69, 9.17) is 4.74 Å². The number of ether oxygens (including phenoxy) is 1. The van der Waals surface area contributed by atoms with Crippen molar-refractivity contribution in [1.29, 1.82) is 0 Å².